The quantitative estimate of drug-likeness (QED) is 0.188. The summed E-state index contributed by atoms with van der Waals surface area (Å²) < 4.78 is 20.9. The molecule has 2 aromatic heterocycles. The van der Waals surface area contributed by atoms with E-state index in [-0.39, 0.29) is 6.42 Å². The highest BCUT2D eigenvalue weighted by Gasteiger charge is 2.30. The Hall–Kier alpha value is -2.16. The molecule has 1 fully saturated rings. The molecule has 0 radical (unpaired) electrons. The van der Waals surface area contributed by atoms with Crippen LogP contribution in [-0.4, -0.2) is 53.5 Å². The van der Waals surface area contributed by atoms with Crippen LogP contribution in [0.25, 0.3) is 10.9 Å². The van der Waals surface area contributed by atoms with Gasteiger partial charge in [0.05, 0.1) is 12.6 Å². The number of rotatable bonds is 13. The van der Waals surface area contributed by atoms with Gasteiger partial charge in [-0.3, -0.25) is 9.78 Å². The van der Waals surface area contributed by atoms with E-state index < -0.39 is 12.1 Å². The van der Waals surface area contributed by atoms with Crippen molar-refractivity contribution in [2.24, 2.45) is 11.8 Å². The Morgan fingerprint density at radius 3 is 2.97 bits per heavy atom. The van der Waals surface area contributed by atoms with Crippen LogP contribution in [0.5, 0.6) is 5.75 Å². The number of aliphatic carboxylic acids is 1. The maximum absolute atomic E-state index is 15.5. The molecule has 4 rings (SSSR count). The molecule has 0 amide bonds. The first kappa shape index (κ1) is 26.9. The lowest BCUT2D eigenvalue weighted by Gasteiger charge is -2.39. The molecule has 0 spiro atoms. The van der Waals surface area contributed by atoms with Crippen molar-refractivity contribution < 1.29 is 19.0 Å². The fraction of sp³-hybridized carbons (Fsp3) is 0.500. The van der Waals surface area contributed by atoms with Crippen molar-refractivity contribution in [3.8, 4) is 5.75 Å². The summed E-state index contributed by atoms with van der Waals surface area (Å²) in [5.74, 6) is 1.67. The summed E-state index contributed by atoms with van der Waals surface area (Å²) in [6, 6.07) is 9.49. The second-order valence-corrected chi connectivity index (χ2v) is 11.5. The minimum absolute atomic E-state index is 0.177. The van der Waals surface area contributed by atoms with Gasteiger partial charge in [-0.05, 0) is 104 Å². The molecule has 1 aliphatic heterocycles. The average molecular weight is 531 g/mol. The highest BCUT2D eigenvalue weighted by atomic mass is 32.2. The monoisotopic (exact) mass is 530 g/mol. The lowest BCUT2D eigenvalue weighted by atomic mass is 9.79. The number of hydrogen-bond donors (Lipinski definition) is 1. The SMILES string of the molecule is COc1ccc2nccc([C@H](F)CC[C@@H]3CCN(CCCSc4ccsc4)C[C@H]3CCC(=O)O)c2c1. The predicted octanol–water partition coefficient (Wildman–Crippen LogP) is 7.08. The number of halogens is 1. The second-order valence-electron chi connectivity index (χ2n) is 9.53. The van der Waals surface area contributed by atoms with Crippen LogP contribution in [0.15, 0.2) is 52.2 Å². The number of carbonyl (C=O) groups is 1. The molecule has 0 saturated carbocycles. The molecule has 0 bridgehead atoms. The minimum atomic E-state index is -1.09. The molecule has 1 aliphatic rings. The van der Waals surface area contributed by atoms with Gasteiger partial charge in [-0.25, -0.2) is 4.39 Å². The number of likely N-dealkylation sites (tertiary alicyclic amines) is 1. The molecule has 1 N–H and O–H groups in total. The number of aromatic nitrogens is 1. The largest absolute Gasteiger partial charge is 0.497 e. The molecule has 194 valence electrons. The van der Waals surface area contributed by atoms with Crippen LogP contribution in [0.3, 0.4) is 0 Å². The zero-order valence-electron chi connectivity index (χ0n) is 20.8. The van der Waals surface area contributed by atoms with Crippen LogP contribution in [-0.2, 0) is 4.79 Å². The number of pyridine rings is 1. The molecular formula is C28H35FN2O3S2. The van der Waals surface area contributed by atoms with Crippen molar-refractivity contribution in [1.29, 1.82) is 0 Å². The van der Waals surface area contributed by atoms with Gasteiger partial charge in [0.2, 0.25) is 0 Å². The predicted molar refractivity (Wildman–Crippen MR) is 146 cm³/mol. The molecular weight excluding hydrogens is 495 g/mol. The van der Waals surface area contributed by atoms with Crippen molar-refractivity contribution in [3.63, 3.8) is 0 Å². The van der Waals surface area contributed by atoms with Gasteiger partial charge >= 0.3 is 5.97 Å². The third kappa shape index (κ3) is 7.43. The maximum atomic E-state index is 15.5. The first-order chi connectivity index (χ1) is 17.5. The van der Waals surface area contributed by atoms with Crippen LogP contribution in [0.2, 0.25) is 0 Å². The number of hydrogen-bond acceptors (Lipinski definition) is 6. The van der Waals surface area contributed by atoms with E-state index in [4.69, 9.17) is 4.74 Å². The Balaban J connectivity index is 1.33. The van der Waals surface area contributed by atoms with Crippen LogP contribution >= 0.6 is 23.1 Å². The number of thiophene rings is 1. The number of thioether (sulfide) groups is 1. The normalized spacial score (nSPS) is 19.4. The summed E-state index contributed by atoms with van der Waals surface area (Å²) in [7, 11) is 1.61. The molecule has 0 unspecified atom stereocenters. The van der Waals surface area contributed by atoms with Crippen molar-refractivity contribution in [2.75, 3.05) is 32.5 Å². The lowest BCUT2D eigenvalue weighted by Crippen LogP contribution is -2.41. The van der Waals surface area contributed by atoms with Crippen molar-refractivity contribution in [3.05, 3.63) is 52.9 Å². The van der Waals surface area contributed by atoms with Crippen LogP contribution in [0, 0.1) is 11.8 Å². The molecule has 3 atom stereocenters. The highest BCUT2D eigenvalue weighted by molar-refractivity contribution is 7.99. The summed E-state index contributed by atoms with van der Waals surface area (Å²) in [5.41, 5.74) is 1.42. The number of nitrogens with zero attached hydrogens (tertiary/aromatic N) is 2. The van der Waals surface area contributed by atoms with Gasteiger partial charge in [-0.15, -0.1) is 11.8 Å². The molecule has 3 heterocycles. The molecule has 1 aromatic carbocycles. The van der Waals surface area contributed by atoms with Gasteiger partial charge < -0.3 is 14.7 Å². The van der Waals surface area contributed by atoms with Gasteiger partial charge in [0, 0.05) is 34.8 Å². The molecule has 5 nitrogen and oxygen atoms in total. The number of benzene rings is 1. The van der Waals surface area contributed by atoms with Gasteiger partial charge in [0.1, 0.15) is 11.9 Å². The highest BCUT2D eigenvalue weighted by Crippen LogP contribution is 2.36. The number of fused-ring (bicyclic) bond motifs is 1. The van der Waals surface area contributed by atoms with E-state index in [2.05, 4.69) is 26.7 Å². The molecule has 0 aliphatic carbocycles. The fourth-order valence-corrected chi connectivity index (χ4v) is 6.96. The lowest BCUT2D eigenvalue weighted by molar-refractivity contribution is -0.137. The Kier molecular flexibility index (Phi) is 10.0. The molecule has 3 aromatic rings. The van der Waals surface area contributed by atoms with Crippen molar-refractivity contribution in [1.82, 2.24) is 9.88 Å². The molecule has 36 heavy (non-hydrogen) atoms. The second kappa shape index (κ2) is 13.4. The first-order valence-corrected chi connectivity index (χ1v) is 14.6. The Bertz CT molecular complexity index is 1110. The van der Waals surface area contributed by atoms with E-state index in [1.54, 1.807) is 30.7 Å². The zero-order valence-corrected chi connectivity index (χ0v) is 22.4. The fourth-order valence-electron chi connectivity index (χ4n) is 5.25. The number of alkyl halides is 1. The Morgan fingerprint density at radius 2 is 2.19 bits per heavy atom. The Morgan fingerprint density at radius 1 is 1.31 bits per heavy atom. The maximum Gasteiger partial charge on any atom is 0.303 e. The third-order valence-electron chi connectivity index (χ3n) is 7.20. The van der Waals surface area contributed by atoms with E-state index in [1.165, 1.54) is 4.90 Å². The number of piperidine rings is 1. The summed E-state index contributed by atoms with van der Waals surface area (Å²) in [4.78, 5) is 19.5. The van der Waals surface area contributed by atoms with Crippen LogP contribution < -0.4 is 4.74 Å². The van der Waals surface area contributed by atoms with Gasteiger partial charge in [-0.2, -0.15) is 11.3 Å². The average Bonchev–Trinajstić information content (AvgIpc) is 3.42. The van der Waals surface area contributed by atoms with Crippen LogP contribution in [0.1, 0.15) is 50.3 Å². The minimum Gasteiger partial charge on any atom is -0.497 e. The summed E-state index contributed by atoms with van der Waals surface area (Å²) in [6.07, 6.45) is 4.73. The number of carboxylic acids is 1. The Labute approximate surface area is 221 Å². The summed E-state index contributed by atoms with van der Waals surface area (Å²) in [6.45, 7) is 2.95. The number of carboxylic acid groups (broad SMARTS) is 1. The van der Waals surface area contributed by atoms with Gasteiger partial charge in [0.25, 0.3) is 0 Å². The van der Waals surface area contributed by atoms with E-state index in [1.807, 2.05) is 30.0 Å². The topological polar surface area (TPSA) is 62.7 Å². The van der Waals surface area contributed by atoms with E-state index in [0.717, 1.165) is 55.6 Å². The van der Waals surface area contributed by atoms with Crippen LogP contribution in [0.4, 0.5) is 4.39 Å². The van der Waals surface area contributed by atoms with Gasteiger partial charge in [0.15, 0.2) is 0 Å². The standard InChI is InChI=1S/C28H35FN2O3S2/c1-34-22-5-7-27-25(17-22)24(9-12-30-27)26(29)6-3-20-10-14-31(18-21(20)4-8-28(32)33)13-2-15-36-23-11-16-35-19-23/h5,7,9,11-12,16-17,19-21,26H,2-4,6,8,10,13-15,18H2,1H3,(H,32,33)/t20-,21-,26-/m1/s1. The third-order valence-corrected chi connectivity index (χ3v) is 9.11. The molecule has 8 heteroatoms. The van der Waals surface area contributed by atoms with E-state index >= 15 is 4.39 Å². The first-order valence-electron chi connectivity index (χ1n) is 12.7. The summed E-state index contributed by atoms with van der Waals surface area (Å²) in [5, 5.41) is 14.4. The van der Waals surface area contributed by atoms with Crippen molar-refractivity contribution in [2.45, 2.75) is 49.6 Å². The molecule has 1 saturated heterocycles. The van der Waals surface area contributed by atoms with Gasteiger partial charge in [-0.1, -0.05) is 0 Å². The van der Waals surface area contributed by atoms with Crippen molar-refractivity contribution >= 4 is 40.0 Å². The van der Waals surface area contributed by atoms with E-state index in [0.29, 0.717) is 36.0 Å². The number of ether oxygens (including phenoxy) is 1. The number of methoxy groups -OCH3 is 1. The zero-order chi connectivity index (χ0) is 25.3. The van der Waals surface area contributed by atoms with E-state index in [9.17, 15) is 9.90 Å². The smallest absolute Gasteiger partial charge is 0.303 e. The summed E-state index contributed by atoms with van der Waals surface area (Å²) >= 11 is 3.62.